The van der Waals surface area contributed by atoms with Crippen molar-refractivity contribution in [3.05, 3.63) is 0 Å². The monoisotopic (exact) mass is 425 g/mol. The summed E-state index contributed by atoms with van der Waals surface area (Å²) in [6.45, 7) is 2.63. The molecule has 0 fully saturated rings. The van der Waals surface area contributed by atoms with E-state index >= 15 is 0 Å². The number of methoxy groups -OCH3 is 1. The van der Waals surface area contributed by atoms with Gasteiger partial charge in [-0.3, -0.25) is 9.79 Å². The number of carbonyl (C=O) groups is 1. The molecule has 0 amide bonds. The molecule has 0 aliphatic rings. The lowest BCUT2D eigenvalue weighted by atomic mass is 10.2. The maximum absolute atomic E-state index is 12.0. The zero-order valence-electron chi connectivity index (χ0n) is 12.3. The third-order valence-electron chi connectivity index (χ3n) is 2.33. The van der Waals surface area contributed by atoms with Crippen molar-refractivity contribution in [2.75, 3.05) is 26.7 Å². The van der Waals surface area contributed by atoms with E-state index in [4.69, 9.17) is 0 Å². The van der Waals surface area contributed by atoms with Gasteiger partial charge in [-0.05, 0) is 19.8 Å². The SMILES string of the molecule is CCNC(=NCCCCC(=O)OC)NCCC(F)(F)F.I. The standard InChI is InChI=1S/C12H22F3N3O2.HI/c1-3-16-11(18-9-7-12(13,14)15)17-8-5-4-6-10(19)20-2;/h3-9H2,1-2H3,(H2,16,17,18);1H. The number of hydrogen-bond acceptors (Lipinski definition) is 3. The van der Waals surface area contributed by atoms with Crippen molar-refractivity contribution in [1.82, 2.24) is 10.6 Å². The van der Waals surface area contributed by atoms with Crippen LogP contribution in [0.4, 0.5) is 13.2 Å². The van der Waals surface area contributed by atoms with Gasteiger partial charge in [0.25, 0.3) is 0 Å². The van der Waals surface area contributed by atoms with Crippen molar-refractivity contribution in [3.8, 4) is 0 Å². The fourth-order valence-corrected chi connectivity index (χ4v) is 1.34. The van der Waals surface area contributed by atoms with Gasteiger partial charge in [-0.15, -0.1) is 24.0 Å². The molecule has 0 atom stereocenters. The molecule has 0 aliphatic carbocycles. The molecule has 0 aromatic rings. The van der Waals surface area contributed by atoms with Gasteiger partial charge < -0.3 is 15.4 Å². The average molecular weight is 425 g/mol. The molecule has 5 nitrogen and oxygen atoms in total. The molecule has 0 aromatic carbocycles. The van der Waals surface area contributed by atoms with Crippen LogP contribution in [0.3, 0.4) is 0 Å². The van der Waals surface area contributed by atoms with Crippen molar-refractivity contribution in [1.29, 1.82) is 0 Å². The normalized spacial score (nSPS) is 11.6. The lowest BCUT2D eigenvalue weighted by Crippen LogP contribution is -2.39. The maximum Gasteiger partial charge on any atom is 0.390 e. The second-order valence-electron chi connectivity index (χ2n) is 4.09. The number of aliphatic imine (C=N–C) groups is 1. The zero-order valence-corrected chi connectivity index (χ0v) is 14.6. The Labute approximate surface area is 140 Å². The summed E-state index contributed by atoms with van der Waals surface area (Å²) < 4.78 is 40.5. The Kier molecular flexibility index (Phi) is 13.9. The van der Waals surface area contributed by atoms with Crippen LogP contribution in [0.15, 0.2) is 4.99 Å². The summed E-state index contributed by atoms with van der Waals surface area (Å²) in [5.41, 5.74) is 0. The number of ether oxygens (including phenoxy) is 1. The molecule has 0 radical (unpaired) electrons. The Bertz CT molecular complexity index is 313. The predicted molar refractivity (Wildman–Crippen MR) is 85.9 cm³/mol. The summed E-state index contributed by atoms with van der Waals surface area (Å²) in [6.07, 6.45) is -3.45. The third-order valence-corrected chi connectivity index (χ3v) is 2.33. The molecule has 0 aromatic heterocycles. The average Bonchev–Trinajstić information content (AvgIpc) is 2.36. The number of unbranched alkanes of at least 4 members (excludes halogenated alkanes) is 1. The molecule has 0 bridgehead atoms. The van der Waals surface area contributed by atoms with Gasteiger partial charge in [-0.1, -0.05) is 0 Å². The molecule has 0 spiro atoms. The smallest absolute Gasteiger partial charge is 0.390 e. The van der Waals surface area contributed by atoms with E-state index in [2.05, 4.69) is 20.4 Å². The van der Waals surface area contributed by atoms with Gasteiger partial charge in [-0.2, -0.15) is 13.2 Å². The Morgan fingerprint density at radius 2 is 1.90 bits per heavy atom. The number of nitrogens with zero attached hydrogens (tertiary/aromatic N) is 1. The summed E-state index contributed by atoms with van der Waals surface area (Å²) in [6, 6.07) is 0. The highest BCUT2D eigenvalue weighted by Crippen LogP contribution is 2.17. The molecule has 0 saturated heterocycles. The van der Waals surface area contributed by atoms with Crippen LogP contribution in [0.1, 0.15) is 32.6 Å². The summed E-state index contributed by atoms with van der Waals surface area (Å²) in [4.78, 5) is 15.0. The molecule has 9 heteroatoms. The predicted octanol–water partition coefficient (Wildman–Crippen LogP) is 2.46. The highest BCUT2D eigenvalue weighted by atomic mass is 127. The molecule has 0 unspecified atom stereocenters. The van der Waals surface area contributed by atoms with E-state index in [1.807, 2.05) is 6.92 Å². The zero-order chi connectivity index (χ0) is 15.4. The number of guanidine groups is 1. The first-order valence-corrected chi connectivity index (χ1v) is 6.54. The number of alkyl halides is 3. The van der Waals surface area contributed by atoms with Crippen LogP contribution in [0.25, 0.3) is 0 Å². The van der Waals surface area contributed by atoms with E-state index in [0.717, 1.165) is 0 Å². The molecule has 126 valence electrons. The van der Waals surface area contributed by atoms with E-state index in [0.29, 0.717) is 38.3 Å². The lowest BCUT2D eigenvalue weighted by Gasteiger charge is -2.12. The first-order chi connectivity index (χ1) is 9.39. The molecular formula is C12H23F3IN3O2. The highest BCUT2D eigenvalue weighted by Gasteiger charge is 2.26. The van der Waals surface area contributed by atoms with E-state index in [1.165, 1.54) is 7.11 Å². The van der Waals surface area contributed by atoms with Crippen molar-refractivity contribution in [2.45, 2.75) is 38.8 Å². The minimum Gasteiger partial charge on any atom is -0.469 e. The molecule has 0 heterocycles. The number of nitrogens with one attached hydrogen (secondary N) is 2. The minimum absolute atomic E-state index is 0. The fraction of sp³-hybridized carbons (Fsp3) is 0.833. The quantitative estimate of drug-likeness (QED) is 0.206. The highest BCUT2D eigenvalue weighted by molar-refractivity contribution is 14.0. The van der Waals surface area contributed by atoms with Crippen LogP contribution in [0, 0.1) is 0 Å². The number of halogens is 4. The van der Waals surface area contributed by atoms with Gasteiger partial charge in [0, 0.05) is 26.1 Å². The number of hydrogen-bond donors (Lipinski definition) is 2. The molecule has 21 heavy (non-hydrogen) atoms. The molecular weight excluding hydrogens is 402 g/mol. The summed E-state index contributed by atoms with van der Waals surface area (Å²) in [7, 11) is 1.33. The van der Waals surface area contributed by atoms with E-state index in [1.54, 1.807) is 0 Å². The van der Waals surface area contributed by atoms with Gasteiger partial charge in [0.05, 0.1) is 13.5 Å². The summed E-state index contributed by atoms with van der Waals surface area (Å²) >= 11 is 0. The van der Waals surface area contributed by atoms with Crippen molar-refractivity contribution in [2.24, 2.45) is 4.99 Å². The van der Waals surface area contributed by atoms with Crippen LogP contribution in [-0.2, 0) is 9.53 Å². The van der Waals surface area contributed by atoms with Crippen LogP contribution in [0.5, 0.6) is 0 Å². The van der Waals surface area contributed by atoms with Gasteiger partial charge in [-0.25, -0.2) is 0 Å². The molecule has 2 N–H and O–H groups in total. The fourth-order valence-electron chi connectivity index (χ4n) is 1.34. The van der Waals surface area contributed by atoms with Crippen molar-refractivity contribution >= 4 is 35.9 Å². The molecule has 0 aliphatic heterocycles. The Balaban J connectivity index is 0. The number of esters is 1. The van der Waals surface area contributed by atoms with E-state index in [-0.39, 0.29) is 36.5 Å². The lowest BCUT2D eigenvalue weighted by molar-refractivity contribution is -0.140. The Morgan fingerprint density at radius 1 is 1.24 bits per heavy atom. The van der Waals surface area contributed by atoms with Crippen molar-refractivity contribution in [3.63, 3.8) is 0 Å². The van der Waals surface area contributed by atoms with E-state index in [9.17, 15) is 18.0 Å². The third kappa shape index (κ3) is 15.5. The second-order valence-corrected chi connectivity index (χ2v) is 4.09. The van der Waals surface area contributed by atoms with Crippen LogP contribution in [-0.4, -0.2) is 44.8 Å². The maximum atomic E-state index is 12.0. The largest absolute Gasteiger partial charge is 0.469 e. The van der Waals surface area contributed by atoms with Gasteiger partial charge in [0.15, 0.2) is 5.96 Å². The van der Waals surface area contributed by atoms with Crippen LogP contribution >= 0.6 is 24.0 Å². The summed E-state index contributed by atoms with van der Waals surface area (Å²) in [5, 5.41) is 5.47. The second kappa shape index (κ2) is 13.0. The molecule has 0 saturated carbocycles. The Morgan fingerprint density at radius 3 is 2.43 bits per heavy atom. The first-order valence-electron chi connectivity index (χ1n) is 6.54. The van der Waals surface area contributed by atoms with Gasteiger partial charge in [0.1, 0.15) is 0 Å². The van der Waals surface area contributed by atoms with E-state index < -0.39 is 12.6 Å². The first kappa shape index (κ1) is 22.5. The minimum atomic E-state index is -4.18. The van der Waals surface area contributed by atoms with Crippen LogP contribution in [0.2, 0.25) is 0 Å². The molecule has 0 rings (SSSR count). The number of rotatable bonds is 8. The van der Waals surface area contributed by atoms with Gasteiger partial charge >= 0.3 is 12.1 Å². The van der Waals surface area contributed by atoms with Crippen molar-refractivity contribution < 1.29 is 22.7 Å². The Hall–Kier alpha value is -0.740. The number of carbonyl (C=O) groups excluding carboxylic acids is 1. The topological polar surface area (TPSA) is 62.7 Å². The van der Waals surface area contributed by atoms with Gasteiger partial charge in [0.2, 0.25) is 0 Å². The summed E-state index contributed by atoms with van der Waals surface area (Å²) in [5.74, 6) is 0.0824. The van der Waals surface area contributed by atoms with Crippen LogP contribution < -0.4 is 10.6 Å².